The number of allylic oxidation sites excluding steroid dienone is 2. The Kier molecular flexibility index (Phi) is 26.1. The molecule has 0 unspecified atom stereocenters. The van der Waals surface area contributed by atoms with Crippen LogP contribution in [0, 0.1) is 10.1 Å². The average molecular weight is 744 g/mol. The number of aliphatic hydroxyl groups is 3. The molecule has 302 valence electrons. The van der Waals surface area contributed by atoms with Gasteiger partial charge < -0.3 is 24.8 Å². The van der Waals surface area contributed by atoms with Crippen molar-refractivity contribution in [3.8, 4) is 0 Å². The molecule has 0 bridgehead atoms. The second-order valence-electron chi connectivity index (χ2n) is 15.3. The molecule has 1 aromatic carbocycles. The highest BCUT2D eigenvalue weighted by Gasteiger charge is 2.34. The van der Waals surface area contributed by atoms with Crippen molar-refractivity contribution in [1.82, 2.24) is 0 Å². The number of ether oxygens (including phenoxy) is 2. The van der Waals surface area contributed by atoms with Gasteiger partial charge in [-0.3, -0.25) is 10.1 Å². The van der Waals surface area contributed by atoms with Gasteiger partial charge in [-0.25, -0.2) is 4.79 Å². The van der Waals surface area contributed by atoms with Gasteiger partial charge in [0.15, 0.2) is 0 Å². The number of benzene rings is 1. The molecule has 1 aliphatic rings. The molecule has 0 aromatic heterocycles. The average Bonchev–Trinajstić information content (AvgIpc) is 3.65. The summed E-state index contributed by atoms with van der Waals surface area (Å²) in [5.74, 6) is -0.557. The molecule has 53 heavy (non-hydrogen) atoms. The Bertz CT molecular complexity index is 1150. The first-order valence-electron chi connectivity index (χ1n) is 21.2. The molecule has 9 nitrogen and oxygen atoms in total. The van der Waals surface area contributed by atoms with Crippen LogP contribution in [0.1, 0.15) is 180 Å². The van der Waals surface area contributed by atoms with Crippen molar-refractivity contribution in [2.24, 2.45) is 0 Å². The second-order valence-corrected chi connectivity index (χ2v) is 15.3. The van der Waals surface area contributed by atoms with Crippen molar-refractivity contribution >= 4 is 11.7 Å². The van der Waals surface area contributed by atoms with E-state index in [-0.39, 0.29) is 24.5 Å². The molecule has 1 aromatic rings. The number of hydrogen-bond acceptors (Lipinski definition) is 8. The van der Waals surface area contributed by atoms with E-state index in [9.17, 15) is 30.2 Å². The van der Waals surface area contributed by atoms with Crippen LogP contribution >= 0.6 is 0 Å². The third kappa shape index (κ3) is 22.4. The van der Waals surface area contributed by atoms with Gasteiger partial charge in [-0.2, -0.15) is 0 Å². The summed E-state index contributed by atoms with van der Waals surface area (Å²) >= 11 is 0. The number of carbonyl (C=O) groups is 1. The number of hydrogen-bond donors (Lipinski definition) is 3. The van der Waals surface area contributed by atoms with Gasteiger partial charge in [-0.15, -0.1) is 0 Å². The molecule has 3 N–H and O–H groups in total. The van der Waals surface area contributed by atoms with E-state index in [1.807, 2.05) is 6.08 Å². The van der Waals surface area contributed by atoms with E-state index in [2.05, 4.69) is 13.0 Å². The minimum absolute atomic E-state index is 0.000596. The molecule has 1 saturated heterocycles. The van der Waals surface area contributed by atoms with Crippen molar-refractivity contribution in [3.63, 3.8) is 0 Å². The van der Waals surface area contributed by atoms with Crippen LogP contribution in [0.2, 0.25) is 0 Å². The number of non-ortho nitro benzene ring substituents is 1. The fourth-order valence-electron chi connectivity index (χ4n) is 7.07. The van der Waals surface area contributed by atoms with E-state index in [1.54, 1.807) is 19.1 Å². The van der Waals surface area contributed by atoms with Crippen LogP contribution in [0.3, 0.4) is 0 Å². The maximum Gasteiger partial charge on any atom is 0.331 e. The van der Waals surface area contributed by atoms with Crippen LogP contribution in [0.25, 0.3) is 0 Å². The molecule has 0 aliphatic carbocycles. The Morgan fingerprint density at radius 2 is 1.25 bits per heavy atom. The quantitative estimate of drug-likeness (QED) is 0.0165. The van der Waals surface area contributed by atoms with Crippen LogP contribution in [-0.2, 0) is 20.9 Å². The predicted molar refractivity (Wildman–Crippen MR) is 214 cm³/mol. The van der Waals surface area contributed by atoms with E-state index >= 15 is 0 Å². The summed E-state index contributed by atoms with van der Waals surface area (Å²) in [4.78, 5) is 22.6. The number of rotatable bonds is 32. The first kappa shape index (κ1) is 46.6. The van der Waals surface area contributed by atoms with E-state index in [4.69, 9.17) is 9.47 Å². The summed E-state index contributed by atoms with van der Waals surface area (Å²) in [6, 6.07) is 5.84. The third-order valence-electron chi connectivity index (χ3n) is 10.6. The first-order chi connectivity index (χ1) is 25.7. The lowest BCUT2D eigenvalue weighted by molar-refractivity contribution is -0.384. The molecule has 2 rings (SSSR count). The molecule has 9 heteroatoms. The molecule has 1 aliphatic heterocycles. The lowest BCUT2D eigenvalue weighted by Gasteiger charge is -2.22. The van der Waals surface area contributed by atoms with E-state index in [1.165, 1.54) is 102 Å². The van der Waals surface area contributed by atoms with Gasteiger partial charge in [0.25, 0.3) is 5.69 Å². The second kappa shape index (κ2) is 29.7. The number of esters is 1. The third-order valence-corrected chi connectivity index (χ3v) is 10.6. The smallest absolute Gasteiger partial charge is 0.331 e. The molecular formula is C44H73NO8. The SMILES string of the molecule is CCCCCCCCCCCCCC[C@@H](O)[C@H]1CC[C@@H]([C@@H](O)CCCCCCCCC/C=C/C/C(=C/C(=O)OCc2ccc([N+](=O)[O-])cc2)[C@H](C)O)O1. The van der Waals surface area contributed by atoms with Crippen LogP contribution in [0.15, 0.2) is 48.1 Å². The summed E-state index contributed by atoms with van der Waals surface area (Å²) in [5.41, 5.74) is 1.20. The van der Waals surface area contributed by atoms with Gasteiger partial charge in [-0.05, 0) is 75.1 Å². The zero-order valence-corrected chi connectivity index (χ0v) is 33.1. The van der Waals surface area contributed by atoms with Gasteiger partial charge in [0, 0.05) is 18.2 Å². The largest absolute Gasteiger partial charge is 0.458 e. The topological polar surface area (TPSA) is 139 Å². The molecule has 0 radical (unpaired) electrons. The Balaban J connectivity index is 1.44. The Morgan fingerprint density at radius 3 is 1.72 bits per heavy atom. The lowest BCUT2D eigenvalue weighted by Crippen LogP contribution is -2.31. The number of carbonyl (C=O) groups excluding carboxylic acids is 1. The fraction of sp³-hybridized carbons (Fsp3) is 0.750. The van der Waals surface area contributed by atoms with Crippen molar-refractivity contribution in [2.45, 2.75) is 211 Å². The van der Waals surface area contributed by atoms with Crippen molar-refractivity contribution in [2.75, 3.05) is 0 Å². The summed E-state index contributed by atoms with van der Waals surface area (Å²) < 4.78 is 11.4. The van der Waals surface area contributed by atoms with Gasteiger partial charge >= 0.3 is 5.97 Å². The van der Waals surface area contributed by atoms with Crippen molar-refractivity contribution < 1.29 is 34.5 Å². The van der Waals surface area contributed by atoms with Crippen LogP contribution in [0.5, 0.6) is 0 Å². The highest BCUT2D eigenvalue weighted by Crippen LogP contribution is 2.28. The van der Waals surface area contributed by atoms with Crippen molar-refractivity contribution in [3.05, 3.63) is 63.7 Å². The highest BCUT2D eigenvalue weighted by atomic mass is 16.6. The van der Waals surface area contributed by atoms with E-state index < -0.39 is 29.2 Å². The lowest BCUT2D eigenvalue weighted by atomic mass is 10.00. The fourth-order valence-corrected chi connectivity index (χ4v) is 7.07. The molecular weight excluding hydrogens is 670 g/mol. The van der Waals surface area contributed by atoms with Gasteiger partial charge in [0.1, 0.15) is 6.61 Å². The highest BCUT2D eigenvalue weighted by molar-refractivity contribution is 5.83. The molecule has 0 amide bonds. The maximum atomic E-state index is 12.3. The summed E-state index contributed by atoms with van der Waals surface area (Å²) in [6.45, 7) is 3.89. The molecule has 0 spiro atoms. The summed E-state index contributed by atoms with van der Waals surface area (Å²) in [6.07, 6.45) is 31.8. The molecule has 1 heterocycles. The summed E-state index contributed by atoms with van der Waals surface area (Å²) in [5, 5.41) is 42.2. The summed E-state index contributed by atoms with van der Waals surface area (Å²) in [7, 11) is 0. The molecule has 5 atom stereocenters. The normalized spacial score (nSPS) is 18.0. The maximum absolute atomic E-state index is 12.3. The molecule has 1 fully saturated rings. The van der Waals surface area contributed by atoms with Crippen molar-refractivity contribution in [1.29, 1.82) is 0 Å². The van der Waals surface area contributed by atoms with Gasteiger partial charge in [0.2, 0.25) is 0 Å². The molecule has 0 saturated carbocycles. The number of unbranched alkanes of at least 4 members (excludes halogenated alkanes) is 18. The number of aliphatic hydroxyl groups excluding tert-OH is 3. The first-order valence-corrected chi connectivity index (χ1v) is 21.2. The van der Waals surface area contributed by atoms with E-state index in [0.29, 0.717) is 17.6 Å². The minimum atomic E-state index is -0.776. The van der Waals surface area contributed by atoms with Crippen LogP contribution in [0.4, 0.5) is 5.69 Å². The Morgan fingerprint density at radius 1 is 0.774 bits per heavy atom. The zero-order chi connectivity index (χ0) is 38.5. The number of nitro benzene ring substituents is 1. The standard InChI is InChI=1S/C44H73NO8/c1-3-4-5-6-7-8-9-10-14-17-20-23-26-40(47)42-32-33-43(53-42)41(48)27-24-21-18-15-12-11-13-16-19-22-25-38(36(2)46)34-44(49)52-35-37-28-30-39(31-29-37)45(50)51/h19,22,28-31,34,36,40-43,46-48H,3-18,20-21,23-27,32-33,35H2,1-2H3/b22-19+,38-34-/t36-,40+,41-,42+,43-/m0/s1. The number of nitro groups is 1. The zero-order valence-electron chi connectivity index (χ0n) is 33.1. The van der Waals surface area contributed by atoms with E-state index in [0.717, 1.165) is 70.6 Å². The monoisotopic (exact) mass is 744 g/mol. The predicted octanol–water partition coefficient (Wildman–Crippen LogP) is 10.8. The van der Waals surface area contributed by atoms with Crippen LogP contribution < -0.4 is 0 Å². The number of nitrogens with zero attached hydrogens (tertiary/aromatic N) is 1. The van der Waals surface area contributed by atoms with Gasteiger partial charge in [-0.1, -0.05) is 135 Å². The van der Waals surface area contributed by atoms with Crippen LogP contribution in [-0.4, -0.2) is 56.7 Å². The Hall–Kier alpha value is -2.59. The van der Waals surface area contributed by atoms with Gasteiger partial charge in [0.05, 0.1) is 35.4 Å². The Labute approximate surface area is 320 Å². The minimum Gasteiger partial charge on any atom is -0.458 e.